The first-order chi connectivity index (χ1) is 9.90. The van der Waals surface area contributed by atoms with Gasteiger partial charge < -0.3 is 5.32 Å². The molecular formula is C16H20N4. The fraction of sp³-hybridized carbons (Fsp3) is 0.500. The normalized spacial score (nSPS) is 19.4. The molecule has 0 saturated heterocycles. The lowest BCUT2D eigenvalue weighted by Gasteiger charge is -2.11. The van der Waals surface area contributed by atoms with Crippen molar-refractivity contribution in [1.29, 1.82) is 0 Å². The molecule has 2 aliphatic carbocycles. The summed E-state index contributed by atoms with van der Waals surface area (Å²) in [5.41, 5.74) is 3.78. The van der Waals surface area contributed by atoms with E-state index in [4.69, 9.17) is 0 Å². The summed E-state index contributed by atoms with van der Waals surface area (Å²) in [4.78, 5) is 4.41. The lowest BCUT2D eigenvalue weighted by molar-refractivity contribution is 0.694. The Morgan fingerprint density at radius 2 is 2.00 bits per heavy atom. The molecule has 2 N–H and O–H groups in total. The molecule has 104 valence electrons. The van der Waals surface area contributed by atoms with E-state index in [9.17, 15) is 0 Å². The molecule has 2 aromatic heterocycles. The van der Waals surface area contributed by atoms with E-state index < -0.39 is 0 Å². The Kier molecular flexibility index (Phi) is 2.94. The van der Waals surface area contributed by atoms with Gasteiger partial charge in [-0.15, -0.1) is 0 Å². The third-order valence-corrected chi connectivity index (χ3v) is 4.43. The topological polar surface area (TPSA) is 53.6 Å². The molecule has 2 fully saturated rings. The number of nitrogens with zero attached hydrogens (tertiary/aromatic N) is 2. The van der Waals surface area contributed by atoms with E-state index in [-0.39, 0.29) is 0 Å². The molecule has 0 aromatic carbocycles. The molecule has 0 radical (unpaired) electrons. The van der Waals surface area contributed by atoms with Crippen molar-refractivity contribution in [3.8, 4) is 11.1 Å². The minimum Gasteiger partial charge on any atom is -0.367 e. The number of anilines is 1. The molecule has 0 unspecified atom stereocenters. The highest BCUT2D eigenvalue weighted by molar-refractivity contribution is 5.68. The monoisotopic (exact) mass is 268 g/mol. The Morgan fingerprint density at radius 3 is 2.80 bits per heavy atom. The van der Waals surface area contributed by atoms with E-state index in [1.165, 1.54) is 55.3 Å². The third-order valence-electron chi connectivity index (χ3n) is 4.43. The first kappa shape index (κ1) is 11.9. The highest BCUT2D eigenvalue weighted by Gasteiger charge is 2.23. The molecule has 0 spiro atoms. The first-order valence-corrected chi connectivity index (χ1v) is 7.66. The summed E-state index contributed by atoms with van der Waals surface area (Å²) in [5, 5.41) is 11.0. The maximum Gasteiger partial charge on any atom is 0.126 e. The molecule has 0 aliphatic heterocycles. The summed E-state index contributed by atoms with van der Waals surface area (Å²) in [5.74, 6) is 1.64. The molecule has 2 saturated carbocycles. The Balaban J connectivity index is 1.64. The van der Waals surface area contributed by atoms with Crippen molar-refractivity contribution in [2.45, 2.75) is 50.5 Å². The molecule has 2 aliphatic rings. The maximum atomic E-state index is 4.41. The summed E-state index contributed by atoms with van der Waals surface area (Å²) in [6, 6.07) is 4.87. The van der Waals surface area contributed by atoms with Gasteiger partial charge in [-0.3, -0.25) is 5.10 Å². The zero-order valence-electron chi connectivity index (χ0n) is 11.6. The molecule has 4 heteroatoms. The molecule has 0 atom stereocenters. The minimum atomic E-state index is 0.636. The third kappa shape index (κ3) is 2.30. The number of rotatable bonds is 4. The van der Waals surface area contributed by atoms with Crippen LogP contribution in [0.5, 0.6) is 0 Å². The van der Waals surface area contributed by atoms with Crippen molar-refractivity contribution in [2.24, 2.45) is 0 Å². The van der Waals surface area contributed by atoms with Crippen LogP contribution in [-0.2, 0) is 0 Å². The molecule has 0 bridgehead atoms. The Bertz CT molecular complexity index is 594. The van der Waals surface area contributed by atoms with Crippen LogP contribution < -0.4 is 5.32 Å². The van der Waals surface area contributed by atoms with Gasteiger partial charge in [0, 0.05) is 29.4 Å². The number of hydrogen-bond donors (Lipinski definition) is 2. The summed E-state index contributed by atoms with van der Waals surface area (Å²) >= 11 is 0. The lowest BCUT2D eigenvalue weighted by atomic mass is 9.97. The predicted molar refractivity (Wildman–Crippen MR) is 79.7 cm³/mol. The van der Waals surface area contributed by atoms with Crippen LogP contribution in [-0.4, -0.2) is 21.2 Å². The number of hydrogen-bond acceptors (Lipinski definition) is 3. The van der Waals surface area contributed by atoms with Crippen molar-refractivity contribution in [1.82, 2.24) is 15.2 Å². The summed E-state index contributed by atoms with van der Waals surface area (Å²) in [7, 11) is 0. The summed E-state index contributed by atoms with van der Waals surface area (Å²) in [6.07, 6.45) is 11.6. The van der Waals surface area contributed by atoms with Gasteiger partial charge in [-0.1, -0.05) is 12.8 Å². The summed E-state index contributed by atoms with van der Waals surface area (Å²) in [6.45, 7) is 0. The van der Waals surface area contributed by atoms with Gasteiger partial charge in [0.25, 0.3) is 0 Å². The van der Waals surface area contributed by atoms with Crippen molar-refractivity contribution >= 4 is 5.82 Å². The van der Waals surface area contributed by atoms with E-state index in [0.29, 0.717) is 12.0 Å². The van der Waals surface area contributed by atoms with Crippen LogP contribution in [0.4, 0.5) is 5.82 Å². The van der Waals surface area contributed by atoms with Gasteiger partial charge in [0.1, 0.15) is 5.82 Å². The van der Waals surface area contributed by atoms with Crippen LogP contribution in [0, 0.1) is 0 Å². The van der Waals surface area contributed by atoms with Crippen molar-refractivity contribution in [2.75, 3.05) is 5.32 Å². The lowest BCUT2D eigenvalue weighted by Crippen LogP contribution is -2.03. The second-order valence-electron chi connectivity index (χ2n) is 6.03. The van der Waals surface area contributed by atoms with E-state index in [1.54, 1.807) is 0 Å². The average molecular weight is 268 g/mol. The Morgan fingerprint density at radius 1 is 1.15 bits per heavy atom. The van der Waals surface area contributed by atoms with E-state index >= 15 is 0 Å². The Labute approximate surface area is 119 Å². The molecular weight excluding hydrogens is 248 g/mol. The Hall–Kier alpha value is -1.84. The van der Waals surface area contributed by atoms with Gasteiger partial charge >= 0.3 is 0 Å². The quantitative estimate of drug-likeness (QED) is 0.889. The predicted octanol–water partition coefficient (Wildman–Crippen LogP) is 3.70. The van der Waals surface area contributed by atoms with Crippen LogP contribution in [0.1, 0.15) is 50.1 Å². The van der Waals surface area contributed by atoms with Gasteiger partial charge in [-0.25, -0.2) is 4.98 Å². The number of H-pyrrole nitrogens is 1. The molecule has 20 heavy (non-hydrogen) atoms. The molecule has 4 rings (SSSR count). The van der Waals surface area contributed by atoms with Crippen molar-refractivity contribution in [3.63, 3.8) is 0 Å². The van der Waals surface area contributed by atoms with Crippen LogP contribution in [0.3, 0.4) is 0 Å². The second kappa shape index (κ2) is 4.93. The fourth-order valence-electron chi connectivity index (χ4n) is 3.17. The van der Waals surface area contributed by atoms with Crippen LogP contribution in [0.2, 0.25) is 0 Å². The van der Waals surface area contributed by atoms with Crippen molar-refractivity contribution in [3.05, 3.63) is 30.2 Å². The number of pyridine rings is 1. The van der Waals surface area contributed by atoms with Gasteiger partial charge in [-0.05, 0) is 43.4 Å². The standard InChI is InChI=1S/C16H20N4/c1-2-4-11(3-1)16-14(10-18-20-16)12-7-8-17-15(9-12)19-13-5-6-13/h7-11,13H,1-6H2,(H,17,19)(H,18,20). The van der Waals surface area contributed by atoms with Crippen LogP contribution in [0.15, 0.2) is 24.5 Å². The van der Waals surface area contributed by atoms with Gasteiger partial charge in [-0.2, -0.15) is 5.10 Å². The number of aromatic amines is 1. The van der Waals surface area contributed by atoms with E-state index in [0.717, 1.165) is 5.82 Å². The minimum absolute atomic E-state index is 0.636. The number of nitrogens with one attached hydrogen (secondary N) is 2. The van der Waals surface area contributed by atoms with Crippen LogP contribution in [0.25, 0.3) is 11.1 Å². The molecule has 0 amide bonds. The summed E-state index contributed by atoms with van der Waals surface area (Å²) < 4.78 is 0. The van der Waals surface area contributed by atoms with Crippen LogP contribution >= 0.6 is 0 Å². The highest BCUT2D eigenvalue weighted by atomic mass is 15.1. The largest absolute Gasteiger partial charge is 0.367 e. The smallest absolute Gasteiger partial charge is 0.126 e. The molecule has 2 aromatic rings. The zero-order chi connectivity index (χ0) is 13.4. The average Bonchev–Trinajstić information content (AvgIpc) is 2.98. The highest BCUT2D eigenvalue weighted by Crippen LogP contribution is 2.38. The van der Waals surface area contributed by atoms with E-state index in [2.05, 4.69) is 32.6 Å². The zero-order valence-corrected chi connectivity index (χ0v) is 11.6. The number of aromatic nitrogens is 3. The second-order valence-corrected chi connectivity index (χ2v) is 6.03. The molecule has 4 nitrogen and oxygen atoms in total. The fourth-order valence-corrected chi connectivity index (χ4v) is 3.17. The van der Waals surface area contributed by atoms with Gasteiger partial charge in [0.2, 0.25) is 0 Å². The van der Waals surface area contributed by atoms with Gasteiger partial charge in [0.15, 0.2) is 0 Å². The van der Waals surface area contributed by atoms with E-state index in [1.807, 2.05) is 12.4 Å². The SMILES string of the molecule is c1cc(-c2cn[nH]c2C2CCCC2)cc(NC2CC2)n1. The van der Waals surface area contributed by atoms with Crippen molar-refractivity contribution < 1.29 is 0 Å². The van der Waals surface area contributed by atoms with Gasteiger partial charge in [0.05, 0.1) is 6.20 Å². The maximum absolute atomic E-state index is 4.41. The molecule has 2 heterocycles. The first-order valence-electron chi connectivity index (χ1n) is 7.66.